The lowest BCUT2D eigenvalue weighted by atomic mass is 10.2. The van der Waals surface area contributed by atoms with Crippen LogP contribution in [0, 0.1) is 0 Å². The van der Waals surface area contributed by atoms with Crippen LogP contribution < -0.4 is 26.6 Å². The fourth-order valence-corrected chi connectivity index (χ4v) is 4.06. The second kappa shape index (κ2) is 10.1. The summed E-state index contributed by atoms with van der Waals surface area (Å²) in [4.78, 5) is 25.4. The maximum atomic E-state index is 12.4. The lowest BCUT2D eigenvalue weighted by Gasteiger charge is -2.34. The van der Waals surface area contributed by atoms with Crippen LogP contribution in [0.3, 0.4) is 0 Å². The zero-order valence-electron chi connectivity index (χ0n) is 18.0. The largest absolute Gasteiger partial charge is 0.399 e. The Labute approximate surface area is 201 Å². The van der Waals surface area contributed by atoms with Crippen LogP contribution in [-0.4, -0.2) is 54.1 Å². The molecule has 5 N–H and O–H groups in total. The highest BCUT2D eigenvalue weighted by atomic mass is 35.5. The molecule has 0 aliphatic carbocycles. The molecule has 1 aliphatic heterocycles. The number of nitrogens with one attached hydrogen (secondary N) is 3. The number of carbonyl (C=O) groups is 1. The number of anilines is 6. The maximum absolute atomic E-state index is 12.4. The predicted molar refractivity (Wildman–Crippen MR) is 135 cm³/mol. The summed E-state index contributed by atoms with van der Waals surface area (Å²) in [5.74, 6) is 0.849. The van der Waals surface area contributed by atoms with Gasteiger partial charge in [-0.15, -0.1) is 0 Å². The minimum atomic E-state index is -0.551. The number of piperazine rings is 1. The van der Waals surface area contributed by atoms with E-state index in [1.165, 1.54) is 18.5 Å². The third-order valence-corrected chi connectivity index (χ3v) is 5.79. The number of amides is 2. The van der Waals surface area contributed by atoms with Crippen molar-refractivity contribution in [2.45, 2.75) is 0 Å². The SMILES string of the molecule is CN1CCN(c2cccc(Nc3cc(NC(=O)Nc4c(Cl)cc(N)cc4Cl)ncn3)c2)CC1. The number of urea groups is 1. The fourth-order valence-electron chi connectivity index (χ4n) is 3.46. The molecule has 3 aromatic rings. The zero-order valence-corrected chi connectivity index (χ0v) is 19.5. The van der Waals surface area contributed by atoms with Gasteiger partial charge in [-0.25, -0.2) is 14.8 Å². The number of halogens is 2. The molecule has 0 radical (unpaired) electrons. The van der Waals surface area contributed by atoms with Crippen molar-refractivity contribution in [2.24, 2.45) is 0 Å². The van der Waals surface area contributed by atoms with E-state index >= 15 is 0 Å². The van der Waals surface area contributed by atoms with Crippen LogP contribution in [0.1, 0.15) is 0 Å². The second-order valence-electron chi connectivity index (χ2n) is 7.69. The van der Waals surface area contributed by atoms with Gasteiger partial charge in [-0.2, -0.15) is 0 Å². The van der Waals surface area contributed by atoms with Gasteiger partial charge in [0.05, 0.1) is 15.7 Å². The van der Waals surface area contributed by atoms with E-state index < -0.39 is 6.03 Å². The van der Waals surface area contributed by atoms with Crippen molar-refractivity contribution >= 4 is 63.6 Å². The first kappa shape index (κ1) is 22.9. The second-order valence-corrected chi connectivity index (χ2v) is 8.51. The number of aromatic nitrogens is 2. The molecule has 2 amide bonds. The summed E-state index contributed by atoms with van der Waals surface area (Å²) in [5.41, 5.74) is 8.40. The Morgan fingerprint density at radius 3 is 2.39 bits per heavy atom. The number of carbonyl (C=O) groups excluding carboxylic acids is 1. The Hall–Kier alpha value is -3.27. The molecule has 11 heteroatoms. The zero-order chi connectivity index (χ0) is 23.4. The smallest absolute Gasteiger partial charge is 0.324 e. The standard InChI is InChI=1S/C22H24Cl2N8O/c1-31-5-7-32(8-6-31)16-4-2-3-15(11-16)28-19-12-20(27-13-26-19)29-22(33)30-21-17(23)9-14(25)10-18(21)24/h2-4,9-13H,5-8,25H2,1H3,(H3,26,27,28,29,30,33). The molecule has 2 aromatic carbocycles. The summed E-state index contributed by atoms with van der Waals surface area (Å²) in [5, 5.41) is 9.00. The Morgan fingerprint density at radius 2 is 1.67 bits per heavy atom. The number of rotatable bonds is 5. The van der Waals surface area contributed by atoms with Gasteiger partial charge < -0.3 is 26.2 Å². The first-order valence-electron chi connectivity index (χ1n) is 10.3. The molecule has 1 aliphatic rings. The number of nitrogen functional groups attached to an aromatic ring is 1. The number of hydrogen-bond donors (Lipinski definition) is 4. The van der Waals surface area contributed by atoms with E-state index in [1.807, 2.05) is 12.1 Å². The molecule has 9 nitrogen and oxygen atoms in total. The Kier molecular flexibility index (Phi) is 7.02. The monoisotopic (exact) mass is 486 g/mol. The molecule has 1 aromatic heterocycles. The fraction of sp³-hybridized carbons (Fsp3) is 0.227. The molecule has 1 saturated heterocycles. The molecule has 2 heterocycles. The minimum Gasteiger partial charge on any atom is -0.399 e. The van der Waals surface area contributed by atoms with Gasteiger partial charge >= 0.3 is 6.03 Å². The third kappa shape index (κ3) is 5.95. The summed E-state index contributed by atoms with van der Waals surface area (Å²) < 4.78 is 0. The molecule has 4 rings (SSSR count). The maximum Gasteiger partial charge on any atom is 0.324 e. The van der Waals surface area contributed by atoms with Crippen molar-refractivity contribution in [3.05, 3.63) is 58.8 Å². The van der Waals surface area contributed by atoms with Crippen LogP contribution in [0.4, 0.5) is 39.2 Å². The van der Waals surface area contributed by atoms with Crippen LogP contribution in [0.25, 0.3) is 0 Å². The van der Waals surface area contributed by atoms with Gasteiger partial charge in [0.25, 0.3) is 0 Å². The molecule has 0 atom stereocenters. The number of likely N-dealkylation sites (N-methyl/N-ethyl adjacent to an activating group) is 1. The minimum absolute atomic E-state index is 0.237. The van der Waals surface area contributed by atoms with E-state index in [4.69, 9.17) is 28.9 Å². The summed E-state index contributed by atoms with van der Waals surface area (Å²) >= 11 is 12.2. The molecular formula is C22H24Cl2N8O. The Morgan fingerprint density at radius 1 is 0.970 bits per heavy atom. The molecule has 0 bridgehead atoms. The molecule has 33 heavy (non-hydrogen) atoms. The molecule has 0 spiro atoms. The average molecular weight is 487 g/mol. The van der Waals surface area contributed by atoms with Crippen molar-refractivity contribution in [1.29, 1.82) is 0 Å². The van der Waals surface area contributed by atoms with E-state index in [2.05, 4.69) is 54.9 Å². The molecule has 1 fully saturated rings. The lowest BCUT2D eigenvalue weighted by Crippen LogP contribution is -2.44. The van der Waals surface area contributed by atoms with Crippen molar-refractivity contribution < 1.29 is 4.79 Å². The van der Waals surface area contributed by atoms with E-state index in [9.17, 15) is 4.79 Å². The molecule has 172 valence electrons. The van der Waals surface area contributed by atoms with Crippen LogP contribution in [0.2, 0.25) is 10.0 Å². The van der Waals surface area contributed by atoms with Gasteiger partial charge in [-0.05, 0) is 37.4 Å². The van der Waals surface area contributed by atoms with Gasteiger partial charge in [0.2, 0.25) is 0 Å². The summed E-state index contributed by atoms with van der Waals surface area (Å²) in [6.07, 6.45) is 1.37. The van der Waals surface area contributed by atoms with Crippen LogP contribution in [0.15, 0.2) is 48.8 Å². The normalized spacial score (nSPS) is 14.1. The van der Waals surface area contributed by atoms with Gasteiger partial charge in [-0.3, -0.25) is 5.32 Å². The highest BCUT2D eigenvalue weighted by Crippen LogP contribution is 2.33. The van der Waals surface area contributed by atoms with Crippen LogP contribution in [-0.2, 0) is 0 Å². The van der Waals surface area contributed by atoms with Crippen molar-refractivity contribution in [2.75, 3.05) is 59.8 Å². The quantitative estimate of drug-likeness (QED) is 0.392. The predicted octanol–water partition coefficient (Wildman–Crippen LogP) is 4.51. The summed E-state index contributed by atoms with van der Waals surface area (Å²) in [6, 6.07) is 12.2. The van der Waals surface area contributed by atoms with Crippen molar-refractivity contribution in [1.82, 2.24) is 14.9 Å². The van der Waals surface area contributed by atoms with Crippen molar-refractivity contribution in [3.8, 4) is 0 Å². The van der Waals surface area contributed by atoms with Crippen LogP contribution >= 0.6 is 23.2 Å². The Balaban J connectivity index is 1.41. The number of hydrogen-bond acceptors (Lipinski definition) is 7. The van der Waals surface area contributed by atoms with Gasteiger partial charge in [-0.1, -0.05) is 29.3 Å². The topological polar surface area (TPSA) is 111 Å². The first-order valence-corrected chi connectivity index (χ1v) is 11.1. The number of nitrogens with two attached hydrogens (primary N) is 1. The van der Waals surface area contributed by atoms with E-state index in [1.54, 1.807) is 6.07 Å². The molecule has 0 saturated carbocycles. The average Bonchev–Trinajstić information content (AvgIpc) is 2.77. The summed E-state index contributed by atoms with van der Waals surface area (Å²) in [6.45, 7) is 4.04. The van der Waals surface area contributed by atoms with E-state index in [0.29, 0.717) is 17.3 Å². The lowest BCUT2D eigenvalue weighted by molar-refractivity contribution is 0.262. The number of benzene rings is 2. The summed E-state index contributed by atoms with van der Waals surface area (Å²) in [7, 11) is 2.13. The van der Waals surface area contributed by atoms with Gasteiger partial charge in [0.1, 0.15) is 18.0 Å². The molecular weight excluding hydrogens is 463 g/mol. The first-order chi connectivity index (χ1) is 15.9. The molecule has 0 unspecified atom stereocenters. The number of nitrogens with zero attached hydrogens (tertiary/aromatic N) is 4. The van der Waals surface area contributed by atoms with Gasteiger partial charge in [0, 0.05) is 49.3 Å². The third-order valence-electron chi connectivity index (χ3n) is 5.20. The highest BCUT2D eigenvalue weighted by Gasteiger charge is 2.15. The van der Waals surface area contributed by atoms with E-state index in [-0.39, 0.29) is 15.7 Å². The highest BCUT2D eigenvalue weighted by molar-refractivity contribution is 6.40. The Bertz CT molecular complexity index is 1130. The van der Waals surface area contributed by atoms with Crippen LogP contribution in [0.5, 0.6) is 0 Å². The van der Waals surface area contributed by atoms with E-state index in [0.717, 1.165) is 37.6 Å². The van der Waals surface area contributed by atoms with Crippen molar-refractivity contribution in [3.63, 3.8) is 0 Å². The van der Waals surface area contributed by atoms with Gasteiger partial charge in [0.15, 0.2) is 0 Å².